The molecule has 0 saturated heterocycles. The first-order chi connectivity index (χ1) is 6.25. The van der Waals surface area contributed by atoms with Crippen molar-refractivity contribution in [3.63, 3.8) is 0 Å². The Balaban J connectivity index is 2.33. The fourth-order valence-electron chi connectivity index (χ4n) is 1.86. The molecule has 0 atom stereocenters. The molecule has 0 spiro atoms. The molecular weight excluding hydrogens is 168 g/mol. The van der Waals surface area contributed by atoms with Crippen molar-refractivity contribution in [3.05, 3.63) is 22.2 Å². The maximum Gasteiger partial charge on any atom is 0.254 e. The highest BCUT2D eigenvalue weighted by atomic mass is 16.3. The fraction of sp³-hybridized carbons (Fsp3) is 0.556. The molecule has 4 nitrogen and oxygen atoms in total. The summed E-state index contributed by atoms with van der Waals surface area (Å²) in [6.07, 6.45) is 4.49. The van der Waals surface area contributed by atoms with Crippen LogP contribution >= 0.6 is 0 Å². The lowest BCUT2D eigenvalue weighted by atomic mass is 10.1. The molecule has 2 rings (SSSR count). The van der Waals surface area contributed by atoms with E-state index in [1.165, 1.54) is 12.8 Å². The van der Waals surface area contributed by atoms with Crippen molar-refractivity contribution in [1.82, 2.24) is 9.97 Å². The van der Waals surface area contributed by atoms with Crippen molar-refractivity contribution in [2.24, 2.45) is 0 Å². The minimum Gasteiger partial charge on any atom is -0.493 e. The van der Waals surface area contributed by atoms with E-state index in [-0.39, 0.29) is 11.4 Å². The molecule has 1 saturated carbocycles. The lowest BCUT2D eigenvalue weighted by Gasteiger charge is -2.06. The summed E-state index contributed by atoms with van der Waals surface area (Å²) in [5.41, 5.74) is -0.269. The van der Waals surface area contributed by atoms with Gasteiger partial charge >= 0.3 is 0 Å². The van der Waals surface area contributed by atoms with Crippen LogP contribution in [0.3, 0.4) is 0 Å². The minimum absolute atomic E-state index is 0.175. The number of hydrogen-bond donors (Lipinski definition) is 2. The summed E-state index contributed by atoms with van der Waals surface area (Å²) < 4.78 is 0. The molecule has 1 aromatic rings. The molecule has 1 aliphatic rings. The van der Waals surface area contributed by atoms with E-state index in [1.54, 1.807) is 0 Å². The van der Waals surface area contributed by atoms with Gasteiger partial charge in [-0.2, -0.15) is 0 Å². The Morgan fingerprint density at radius 3 is 2.77 bits per heavy atom. The van der Waals surface area contributed by atoms with E-state index in [0.29, 0.717) is 11.7 Å². The highest BCUT2D eigenvalue weighted by Crippen LogP contribution is 2.31. The van der Waals surface area contributed by atoms with E-state index in [1.807, 2.05) is 0 Å². The average Bonchev–Trinajstić information content (AvgIpc) is 2.53. The summed E-state index contributed by atoms with van der Waals surface area (Å²) in [6.45, 7) is 0. The van der Waals surface area contributed by atoms with Crippen molar-refractivity contribution < 1.29 is 5.11 Å². The first-order valence-corrected chi connectivity index (χ1v) is 4.56. The summed E-state index contributed by atoms with van der Waals surface area (Å²) in [7, 11) is 0. The number of rotatable bonds is 1. The first-order valence-electron chi connectivity index (χ1n) is 4.56. The summed E-state index contributed by atoms with van der Waals surface area (Å²) >= 11 is 0. The maximum atomic E-state index is 11.0. The summed E-state index contributed by atoms with van der Waals surface area (Å²) in [5.74, 6) is 0.799. The predicted octanol–water partition coefficient (Wildman–Crippen LogP) is 1.13. The van der Waals surface area contributed by atoms with Gasteiger partial charge in [0.05, 0.1) is 6.07 Å². The van der Waals surface area contributed by atoms with E-state index in [9.17, 15) is 4.79 Å². The molecule has 1 fully saturated rings. The Morgan fingerprint density at radius 1 is 1.46 bits per heavy atom. The van der Waals surface area contributed by atoms with Crippen molar-refractivity contribution in [2.45, 2.75) is 31.6 Å². The number of aromatic amines is 1. The minimum atomic E-state index is -0.269. The number of aromatic nitrogens is 2. The molecule has 4 heteroatoms. The molecule has 0 radical (unpaired) electrons. The largest absolute Gasteiger partial charge is 0.493 e. The third-order valence-electron chi connectivity index (χ3n) is 2.49. The second kappa shape index (κ2) is 3.20. The molecular formula is C9H12N2O2. The van der Waals surface area contributed by atoms with Crippen molar-refractivity contribution in [2.75, 3.05) is 0 Å². The average molecular weight is 180 g/mol. The van der Waals surface area contributed by atoms with Gasteiger partial charge in [0, 0.05) is 5.92 Å². The van der Waals surface area contributed by atoms with Gasteiger partial charge in [-0.05, 0) is 12.8 Å². The van der Waals surface area contributed by atoms with Crippen LogP contribution in [0.1, 0.15) is 37.4 Å². The molecule has 0 unspecified atom stereocenters. The molecule has 0 amide bonds. The highest BCUT2D eigenvalue weighted by molar-refractivity contribution is 5.09. The number of nitrogens with one attached hydrogen (secondary N) is 1. The van der Waals surface area contributed by atoms with Gasteiger partial charge in [-0.25, -0.2) is 4.98 Å². The highest BCUT2D eigenvalue weighted by Gasteiger charge is 2.19. The molecule has 1 heterocycles. The summed E-state index contributed by atoms with van der Waals surface area (Å²) in [4.78, 5) is 17.6. The van der Waals surface area contributed by atoms with Crippen LogP contribution in [0.2, 0.25) is 0 Å². The molecule has 0 bridgehead atoms. The van der Waals surface area contributed by atoms with Crippen LogP contribution in [0.5, 0.6) is 5.88 Å². The monoisotopic (exact) mass is 180 g/mol. The zero-order valence-electron chi connectivity index (χ0n) is 7.29. The summed E-state index contributed by atoms with van der Waals surface area (Å²) in [6, 6.07) is 1.10. The second-order valence-corrected chi connectivity index (χ2v) is 3.47. The molecule has 1 aromatic heterocycles. The Morgan fingerprint density at radius 2 is 2.15 bits per heavy atom. The zero-order chi connectivity index (χ0) is 9.26. The third-order valence-corrected chi connectivity index (χ3v) is 2.49. The van der Waals surface area contributed by atoms with Crippen molar-refractivity contribution in [3.8, 4) is 5.88 Å². The van der Waals surface area contributed by atoms with Gasteiger partial charge in [0.2, 0.25) is 5.88 Å². The number of aromatic hydroxyl groups is 1. The van der Waals surface area contributed by atoms with Gasteiger partial charge in [0.1, 0.15) is 5.82 Å². The quantitative estimate of drug-likeness (QED) is 0.680. The van der Waals surface area contributed by atoms with Gasteiger partial charge in [-0.15, -0.1) is 0 Å². The maximum absolute atomic E-state index is 11.0. The van der Waals surface area contributed by atoms with Gasteiger partial charge in [-0.3, -0.25) is 4.79 Å². The van der Waals surface area contributed by atoms with E-state index >= 15 is 0 Å². The molecule has 0 aliphatic heterocycles. The lowest BCUT2D eigenvalue weighted by molar-refractivity contribution is 0.444. The number of nitrogens with zero attached hydrogens (tertiary/aromatic N) is 1. The SMILES string of the molecule is O=c1cc(O)nc(C2CCCC2)[nH]1. The Bertz CT molecular complexity index is 353. The topological polar surface area (TPSA) is 66.0 Å². The summed E-state index contributed by atoms with van der Waals surface area (Å²) in [5, 5.41) is 9.12. The van der Waals surface area contributed by atoms with Crippen LogP contribution in [-0.4, -0.2) is 15.1 Å². The zero-order valence-corrected chi connectivity index (χ0v) is 7.29. The van der Waals surface area contributed by atoms with E-state index in [4.69, 9.17) is 5.11 Å². The first kappa shape index (κ1) is 8.29. The van der Waals surface area contributed by atoms with Gasteiger partial charge in [0.25, 0.3) is 5.56 Å². The number of H-pyrrole nitrogens is 1. The Kier molecular flexibility index (Phi) is 2.04. The van der Waals surface area contributed by atoms with Crippen LogP contribution in [0, 0.1) is 0 Å². The van der Waals surface area contributed by atoms with Crippen LogP contribution < -0.4 is 5.56 Å². The standard InChI is InChI=1S/C9H12N2O2/c12-7-5-8(13)11-9(10-7)6-3-1-2-4-6/h5-6H,1-4H2,(H2,10,11,12,13). The van der Waals surface area contributed by atoms with Crippen LogP contribution in [0.4, 0.5) is 0 Å². The third kappa shape index (κ3) is 1.71. The number of hydrogen-bond acceptors (Lipinski definition) is 3. The van der Waals surface area contributed by atoms with E-state index < -0.39 is 0 Å². The van der Waals surface area contributed by atoms with E-state index in [0.717, 1.165) is 18.9 Å². The Labute approximate surface area is 75.6 Å². The lowest BCUT2D eigenvalue weighted by Crippen LogP contribution is -2.11. The van der Waals surface area contributed by atoms with Crippen LogP contribution in [0.15, 0.2) is 10.9 Å². The van der Waals surface area contributed by atoms with Gasteiger partial charge < -0.3 is 10.1 Å². The van der Waals surface area contributed by atoms with Crippen LogP contribution in [-0.2, 0) is 0 Å². The second-order valence-electron chi connectivity index (χ2n) is 3.47. The normalized spacial score (nSPS) is 17.8. The Hall–Kier alpha value is -1.32. The molecule has 1 aliphatic carbocycles. The van der Waals surface area contributed by atoms with Crippen LogP contribution in [0.25, 0.3) is 0 Å². The fourth-order valence-corrected chi connectivity index (χ4v) is 1.86. The van der Waals surface area contributed by atoms with Crippen molar-refractivity contribution >= 4 is 0 Å². The predicted molar refractivity (Wildman–Crippen MR) is 47.7 cm³/mol. The smallest absolute Gasteiger partial charge is 0.254 e. The van der Waals surface area contributed by atoms with E-state index in [2.05, 4.69) is 9.97 Å². The molecule has 0 aromatic carbocycles. The van der Waals surface area contributed by atoms with Gasteiger partial charge in [0.15, 0.2) is 0 Å². The van der Waals surface area contributed by atoms with Crippen molar-refractivity contribution in [1.29, 1.82) is 0 Å². The molecule has 70 valence electrons. The molecule has 13 heavy (non-hydrogen) atoms. The van der Waals surface area contributed by atoms with Gasteiger partial charge in [-0.1, -0.05) is 12.8 Å². The molecule has 2 N–H and O–H groups in total.